The van der Waals surface area contributed by atoms with E-state index >= 15 is 0 Å². The molecule has 0 aromatic heterocycles. The highest BCUT2D eigenvalue weighted by Crippen LogP contribution is 2.19. The summed E-state index contributed by atoms with van der Waals surface area (Å²) in [7, 11) is 1.32. The molecular formula is C21H25N3O4. The van der Waals surface area contributed by atoms with E-state index in [-0.39, 0.29) is 24.9 Å². The van der Waals surface area contributed by atoms with Gasteiger partial charge in [0.25, 0.3) is 0 Å². The van der Waals surface area contributed by atoms with Crippen molar-refractivity contribution in [2.75, 3.05) is 30.8 Å². The second kappa shape index (κ2) is 9.55. The molecule has 0 atom stereocenters. The van der Waals surface area contributed by atoms with Gasteiger partial charge < -0.3 is 20.7 Å². The third-order valence-electron chi connectivity index (χ3n) is 4.28. The number of methoxy groups -OCH3 is 1. The van der Waals surface area contributed by atoms with Gasteiger partial charge in [0.2, 0.25) is 11.8 Å². The lowest BCUT2D eigenvalue weighted by Crippen LogP contribution is -2.36. The topological polar surface area (TPSA) is 96.5 Å². The summed E-state index contributed by atoms with van der Waals surface area (Å²) < 4.78 is 4.68. The van der Waals surface area contributed by atoms with Crippen LogP contribution in [0.5, 0.6) is 0 Å². The number of nitrogens with one attached hydrogen (secondary N) is 3. The molecule has 0 spiro atoms. The van der Waals surface area contributed by atoms with Gasteiger partial charge in [0.1, 0.15) is 0 Å². The van der Waals surface area contributed by atoms with E-state index in [1.807, 2.05) is 39.0 Å². The Kier molecular flexibility index (Phi) is 7.14. The van der Waals surface area contributed by atoms with E-state index in [1.54, 1.807) is 18.2 Å². The second-order valence-electron chi connectivity index (χ2n) is 6.47. The number of amides is 2. The molecule has 0 radical (unpaired) electrons. The second-order valence-corrected chi connectivity index (χ2v) is 6.47. The maximum atomic E-state index is 12.1. The van der Waals surface area contributed by atoms with Crippen LogP contribution in [0.2, 0.25) is 0 Å². The quantitative estimate of drug-likeness (QED) is 0.639. The van der Waals surface area contributed by atoms with Gasteiger partial charge in [-0.05, 0) is 55.7 Å². The van der Waals surface area contributed by atoms with Gasteiger partial charge in [-0.15, -0.1) is 0 Å². The van der Waals surface area contributed by atoms with Gasteiger partial charge in [0.15, 0.2) is 0 Å². The molecule has 0 saturated heterocycles. The van der Waals surface area contributed by atoms with Crippen molar-refractivity contribution in [1.82, 2.24) is 5.32 Å². The van der Waals surface area contributed by atoms with Crippen LogP contribution in [-0.4, -0.2) is 38.0 Å². The molecule has 2 aromatic rings. The number of benzene rings is 2. The van der Waals surface area contributed by atoms with Crippen molar-refractivity contribution >= 4 is 29.2 Å². The van der Waals surface area contributed by atoms with E-state index in [2.05, 4.69) is 20.7 Å². The number of hydrogen-bond acceptors (Lipinski definition) is 5. The van der Waals surface area contributed by atoms with Gasteiger partial charge in [-0.25, -0.2) is 4.79 Å². The zero-order chi connectivity index (χ0) is 20.7. The predicted octanol–water partition coefficient (Wildman–Crippen LogP) is 2.57. The molecule has 2 amide bonds. The van der Waals surface area contributed by atoms with Gasteiger partial charge in [-0.2, -0.15) is 0 Å². The molecule has 3 N–H and O–H groups in total. The molecule has 0 aliphatic heterocycles. The fraction of sp³-hybridized carbons (Fsp3) is 0.286. The molecule has 7 nitrogen and oxygen atoms in total. The normalized spacial score (nSPS) is 10.1. The van der Waals surface area contributed by atoms with Gasteiger partial charge in [-0.1, -0.05) is 18.2 Å². The summed E-state index contributed by atoms with van der Waals surface area (Å²) in [4.78, 5) is 35.6. The largest absolute Gasteiger partial charge is 0.465 e. The van der Waals surface area contributed by atoms with Crippen molar-refractivity contribution in [1.29, 1.82) is 0 Å². The molecule has 0 unspecified atom stereocenters. The zero-order valence-electron chi connectivity index (χ0n) is 16.5. The third kappa shape index (κ3) is 5.57. The number of carbonyl (C=O) groups is 3. The molecule has 0 saturated carbocycles. The Bertz CT molecular complexity index is 873. The molecule has 0 fully saturated rings. The highest BCUT2D eigenvalue weighted by Gasteiger charge is 2.11. The summed E-state index contributed by atoms with van der Waals surface area (Å²) >= 11 is 0. The maximum Gasteiger partial charge on any atom is 0.337 e. The van der Waals surface area contributed by atoms with Crippen LogP contribution in [-0.2, 0) is 14.3 Å². The molecule has 2 aromatic carbocycles. The number of aryl methyl sites for hydroxylation is 3. The summed E-state index contributed by atoms with van der Waals surface area (Å²) in [6.07, 6.45) is 0. The minimum absolute atomic E-state index is 0.00901. The van der Waals surface area contributed by atoms with Crippen molar-refractivity contribution in [2.45, 2.75) is 20.8 Å². The van der Waals surface area contributed by atoms with Gasteiger partial charge in [-0.3, -0.25) is 9.59 Å². The van der Waals surface area contributed by atoms with Gasteiger partial charge >= 0.3 is 5.97 Å². The van der Waals surface area contributed by atoms with Crippen molar-refractivity contribution in [3.63, 3.8) is 0 Å². The first kappa shape index (κ1) is 21.0. The molecule has 0 aliphatic rings. The van der Waals surface area contributed by atoms with Crippen LogP contribution in [0.1, 0.15) is 27.0 Å². The van der Waals surface area contributed by atoms with E-state index in [0.717, 1.165) is 28.1 Å². The third-order valence-corrected chi connectivity index (χ3v) is 4.28. The lowest BCUT2D eigenvalue weighted by Gasteiger charge is -2.13. The average Bonchev–Trinajstić information content (AvgIpc) is 2.67. The monoisotopic (exact) mass is 383 g/mol. The summed E-state index contributed by atoms with van der Waals surface area (Å²) in [5.74, 6) is -1.01. The molecule has 0 heterocycles. The lowest BCUT2D eigenvalue weighted by molar-refractivity contribution is -0.122. The summed E-state index contributed by atoms with van der Waals surface area (Å²) in [6, 6.07) is 10.8. The van der Waals surface area contributed by atoms with E-state index < -0.39 is 5.97 Å². The highest BCUT2D eigenvalue weighted by atomic mass is 16.5. The Morgan fingerprint density at radius 3 is 2.18 bits per heavy atom. The Labute approximate surface area is 164 Å². The zero-order valence-corrected chi connectivity index (χ0v) is 16.5. The van der Waals surface area contributed by atoms with Crippen LogP contribution in [0.15, 0.2) is 36.4 Å². The number of hydrogen-bond donors (Lipinski definition) is 3. The van der Waals surface area contributed by atoms with Crippen molar-refractivity contribution < 1.29 is 19.1 Å². The minimum Gasteiger partial charge on any atom is -0.465 e. The first-order chi connectivity index (χ1) is 13.3. The first-order valence-electron chi connectivity index (χ1n) is 8.87. The smallest absolute Gasteiger partial charge is 0.337 e. The van der Waals surface area contributed by atoms with E-state index in [1.165, 1.54) is 7.11 Å². The van der Waals surface area contributed by atoms with Crippen LogP contribution in [0.4, 0.5) is 11.4 Å². The minimum atomic E-state index is -0.415. The number of esters is 1. The molecule has 7 heteroatoms. The van der Waals surface area contributed by atoms with E-state index in [4.69, 9.17) is 0 Å². The lowest BCUT2D eigenvalue weighted by atomic mass is 10.1. The molecule has 148 valence electrons. The maximum absolute atomic E-state index is 12.1. The summed E-state index contributed by atoms with van der Waals surface area (Å²) in [5.41, 5.74) is 4.67. The van der Waals surface area contributed by atoms with Crippen LogP contribution in [0.3, 0.4) is 0 Å². The number of anilines is 2. The Morgan fingerprint density at radius 1 is 0.893 bits per heavy atom. The number of carbonyl (C=O) groups excluding carboxylic acids is 3. The summed E-state index contributed by atoms with van der Waals surface area (Å²) in [6.45, 7) is 5.55. The SMILES string of the molecule is COC(=O)c1ccc(NCC(=O)NCC(=O)Nc2c(C)cccc2C)c(C)c1. The molecule has 0 bridgehead atoms. The van der Waals surface area contributed by atoms with Gasteiger partial charge in [0, 0.05) is 11.4 Å². The fourth-order valence-corrected chi connectivity index (χ4v) is 2.72. The standard InChI is InChI=1S/C21H25N3O4/c1-13-6-5-7-14(2)20(13)24-19(26)12-23-18(25)11-22-17-9-8-16(10-15(17)3)21(27)28-4/h5-10,22H,11-12H2,1-4H3,(H,23,25)(H,24,26). The van der Waals surface area contributed by atoms with E-state index in [0.29, 0.717) is 5.56 Å². The van der Waals surface area contributed by atoms with Crippen molar-refractivity contribution in [3.05, 3.63) is 58.7 Å². The molecule has 28 heavy (non-hydrogen) atoms. The number of ether oxygens (including phenoxy) is 1. The van der Waals surface area contributed by atoms with Crippen LogP contribution in [0.25, 0.3) is 0 Å². The Hall–Kier alpha value is -3.35. The highest BCUT2D eigenvalue weighted by molar-refractivity contribution is 5.96. The Balaban J connectivity index is 1.83. The van der Waals surface area contributed by atoms with Crippen LogP contribution < -0.4 is 16.0 Å². The van der Waals surface area contributed by atoms with Crippen LogP contribution in [0, 0.1) is 20.8 Å². The first-order valence-corrected chi connectivity index (χ1v) is 8.87. The average molecular weight is 383 g/mol. The number of para-hydroxylation sites is 1. The Morgan fingerprint density at radius 2 is 1.57 bits per heavy atom. The summed E-state index contributed by atoms with van der Waals surface area (Å²) in [5, 5.41) is 8.40. The number of rotatable bonds is 7. The van der Waals surface area contributed by atoms with Crippen molar-refractivity contribution in [2.24, 2.45) is 0 Å². The van der Waals surface area contributed by atoms with Gasteiger partial charge in [0.05, 0.1) is 25.8 Å². The molecule has 0 aliphatic carbocycles. The fourth-order valence-electron chi connectivity index (χ4n) is 2.72. The predicted molar refractivity (Wildman–Crippen MR) is 109 cm³/mol. The molecule has 2 rings (SSSR count). The molecular weight excluding hydrogens is 358 g/mol. The van der Waals surface area contributed by atoms with Crippen LogP contribution >= 0.6 is 0 Å². The van der Waals surface area contributed by atoms with Crippen molar-refractivity contribution in [3.8, 4) is 0 Å². The van der Waals surface area contributed by atoms with E-state index in [9.17, 15) is 14.4 Å².